The summed E-state index contributed by atoms with van der Waals surface area (Å²) in [5, 5.41) is 29.8. The number of rotatable bonds is 11. The number of carbonyl (C=O) groups excluding carboxylic acids is 1. The first-order valence-electron chi connectivity index (χ1n) is 14.1. The fourth-order valence-electron chi connectivity index (χ4n) is 5.04. The zero-order chi connectivity index (χ0) is 35.1. The number of sulfonamides is 1. The number of nitrogens with zero attached hydrogens (tertiary/aromatic N) is 2. The van der Waals surface area contributed by atoms with Crippen LogP contribution in [0, 0.1) is 29.1 Å². The molecule has 0 aromatic heterocycles. The zero-order valence-corrected chi connectivity index (χ0v) is 27.6. The fourth-order valence-corrected chi connectivity index (χ4v) is 7.21. The van der Waals surface area contributed by atoms with Crippen molar-refractivity contribution in [2.45, 2.75) is 43.0 Å². The lowest BCUT2D eigenvalue weighted by Gasteiger charge is -2.28. The molecular formula is C32H25BrClF5N2O6S. The molecule has 0 bridgehead atoms. The van der Waals surface area contributed by atoms with Gasteiger partial charge in [-0.15, -0.1) is 0 Å². The Morgan fingerprint density at radius 2 is 1.46 bits per heavy atom. The van der Waals surface area contributed by atoms with Crippen LogP contribution in [0.1, 0.15) is 47.3 Å². The van der Waals surface area contributed by atoms with Crippen molar-refractivity contribution < 1.29 is 50.5 Å². The number of halogens is 7. The Balaban J connectivity index is 1.60. The van der Waals surface area contributed by atoms with Crippen LogP contribution in [0.2, 0.25) is 5.02 Å². The molecule has 0 saturated heterocycles. The maximum absolute atomic E-state index is 14.9. The van der Waals surface area contributed by atoms with Gasteiger partial charge in [-0.05, 0) is 71.8 Å². The minimum atomic E-state index is -5.63. The predicted octanol–water partition coefficient (Wildman–Crippen LogP) is 6.79. The standard InChI is InChI=1S/C32H25BrClF5N2O6S/c33-20-10-17(9-19(11-20)18-3-4-18)14-41(22-7-8-23(32(44)45)24(42)12-22)25(43)15-40(13-16-1-5-21(34)6-2-16)48(46,47)31-29(38)27(36)26(35)28(37)30(31)39/h1-2,5-12,18,32,42,44-45H,3-4,13-15H2. The minimum absolute atomic E-state index is 0.0464. The van der Waals surface area contributed by atoms with E-state index in [-0.39, 0.29) is 32.7 Å². The molecule has 4 aromatic carbocycles. The molecule has 1 amide bonds. The monoisotopic (exact) mass is 774 g/mol. The number of hydrogen-bond donors (Lipinski definition) is 3. The molecule has 3 N–H and O–H groups in total. The molecule has 0 spiro atoms. The second-order valence-corrected chi connectivity index (χ2v) is 14.3. The molecule has 0 unspecified atom stereocenters. The van der Waals surface area contributed by atoms with Crippen LogP contribution in [0.3, 0.4) is 0 Å². The molecule has 4 aromatic rings. The number of hydrogen-bond acceptors (Lipinski definition) is 6. The molecule has 0 heterocycles. The van der Waals surface area contributed by atoms with Gasteiger partial charge in [-0.3, -0.25) is 4.79 Å². The van der Waals surface area contributed by atoms with E-state index in [4.69, 9.17) is 11.6 Å². The SMILES string of the molecule is O=C(CN(Cc1ccc(Cl)cc1)S(=O)(=O)c1c(F)c(F)c(F)c(F)c1F)N(Cc1cc(Br)cc(C2CC2)c1)c1ccc(C(O)O)c(O)c1. The first kappa shape index (κ1) is 35.7. The predicted molar refractivity (Wildman–Crippen MR) is 168 cm³/mol. The average Bonchev–Trinajstić information content (AvgIpc) is 3.88. The van der Waals surface area contributed by atoms with E-state index in [1.54, 1.807) is 6.07 Å². The van der Waals surface area contributed by atoms with E-state index >= 15 is 0 Å². The Morgan fingerprint density at radius 1 is 0.854 bits per heavy atom. The third kappa shape index (κ3) is 7.51. The first-order chi connectivity index (χ1) is 22.6. The summed E-state index contributed by atoms with van der Waals surface area (Å²) >= 11 is 9.36. The Labute approximate surface area is 284 Å². The highest BCUT2D eigenvalue weighted by Crippen LogP contribution is 2.41. The van der Waals surface area contributed by atoms with Gasteiger partial charge in [0.15, 0.2) is 34.5 Å². The zero-order valence-electron chi connectivity index (χ0n) is 24.5. The minimum Gasteiger partial charge on any atom is -0.507 e. The van der Waals surface area contributed by atoms with Crippen LogP contribution < -0.4 is 4.90 Å². The third-order valence-corrected chi connectivity index (χ3v) is 10.1. The summed E-state index contributed by atoms with van der Waals surface area (Å²) in [5.74, 6) is -14.1. The lowest BCUT2D eigenvalue weighted by atomic mass is 10.1. The van der Waals surface area contributed by atoms with Crippen molar-refractivity contribution >= 4 is 49.1 Å². The smallest absolute Gasteiger partial charge is 0.249 e. The Bertz CT molecular complexity index is 1970. The van der Waals surface area contributed by atoms with Gasteiger partial charge >= 0.3 is 0 Å². The highest BCUT2D eigenvalue weighted by molar-refractivity contribution is 9.10. The maximum Gasteiger partial charge on any atom is 0.249 e. The van der Waals surface area contributed by atoms with E-state index in [9.17, 15) is 50.5 Å². The number of aliphatic hydroxyl groups excluding tert-OH is 1. The normalized spacial score (nSPS) is 13.4. The summed E-state index contributed by atoms with van der Waals surface area (Å²) < 4.78 is 100. The van der Waals surface area contributed by atoms with Gasteiger partial charge in [-0.1, -0.05) is 45.7 Å². The van der Waals surface area contributed by atoms with Crippen molar-refractivity contribution in [3.05, 3.63) is 121 Å². The van der Waals surface area contributed by atoms with E-state index in [0.29, 0.717) is 16.0 Å². The maximum atomic E-state index is 14.9. The van der Waals surface area contributed by atoms with E-state index in [2.05, 4.69) is 15.9 Å². The molecule has 8 nitrogen and oxygen atoms in total. The topological polar surface area (TPSA) is 118 Å². The molecule has 1 aliphatic carbocycles. The summed E-state index contributed by atoms with van der Waals surface area (Å²) in [4.78, 5) is 13.0. The van der Waals surface area contributed by atoms with E-state index in [0.717, 1.165) is 35.4 Å². The summed E-state index contributed by atoms with van der Waals surface area (Å²) in [6.45, 7) is -2.18. The van der Waals surface area contributed by atoms with Crippen LogP contribution in [0.4, 0.5) is 27.6 Å². The van der Waals surface area contributed by atoms with Gasteiger partial charge < -0.3 is 20.2 Å². The quantitative estimate of drug-likeness (QED) is 0.0669. The van der Waals surface area contributed by atoms with Crippen LogP contribution in [0.5, 0.6) is 5.75 Å². The Kier molecular flexibility index (Phi) is 10.5. The van der Waals surface area contributed by atoms with Crippen LogP contribution in [-0.4, -0.2) is 40.5 Å². The second kappa shape index (κ2) is 14.1. The van der Waals surface area contributed by atoms with Gasteiger partial charge in [0, 0.05) is 33.4 Å². The molecule has 1 aliphatic rings. The number of phenols is 1. The van der Waals surface area contributed by atoms with E-state index < -0.39 is 75.0 Å². The second-order valence-electron chi connectivity index (χ2n) is 11.1. The van der Waals surface area contributed by atoms with Crippen molar-refractivity contribution in [1.29, 1.82) is 0 Å². The summed E-state index contributed by atoms with van der Waals surface area (Å²) in [7, 11) is -5.63. The van der Waals surface area contributed by atoms with Crippen LogP contribution in [-0.2, 0) is 27.9 Å². The fraction of sp³-hybridized carbons (Fsp3) is 0.219. The van der Waals surface area contributed by atoms with Crippen molar-refractivity contribution in [1.82, 2.24) is 4.31 Å². The number of aromatic hydroxyl groups is 1. The largest absolute Gasteiger partial charge is 0.507 e. The Morgan fingerprint density at radius 3 is 2.02 bits per heavy atom. The van der Waals surface area contributed by atoms with Crippen molar-refractivity contribution in [3.63, 3.8) is 0 Å². The summed E-state index contributed by atoms with van der Waals surface area (Å²) in [6.07, 6.45) is -0.172. The average molecular weight is 776 g/mol. The molecule has 0 atom stereocenters. The number of benzene rings is 4. The molecule has 16 heteroatoms. The van der Waals surface area contributed by atoms with Crippen LogP contribution in [0.15, 0.2) is 70.0 Å². The van der Waals surface area contributed by atoms with Crippen LogP contribution >= 0.6 is 27.5 Å². The summed E-state index contributed by atoms with van der Waals surface area (Å²) in [6, 6.07) is 14.2. The van der Waals surface area contributed by atoms with Crippen molar-refractivity contribution in [2.24, 2.45) is 0 Å². The summed E-state index contributed by atoms with van der Waals surface area (Å²) in [5.41, 5.74) is 1.31. The third-order valence-electron chi connectivity index (χ3n) is 7.63. The van der Waals surface area contributed by atoms with Gasteiger partial charge in [-0.25, -0.2) is 30.4 Å². The molecule has 254 valence electrons. The number of anilines is 1. The lowest BCUT2D eigenvalue weighted by Crippen LogP contribution is -2.43. The first-order valence-corrected chi connectivity index (χ1v) is 16.7. The molecule has 5 rings (SSSR count). The highest BCUT2D eigenvalue weighted by Gasteiger charge is 2.39. The molecular weight excluding hydrogens is 751 g/mol. The van der Waals surface area contributed by atoms with Gasteiger partial charge in [-0.2, -0.15) is 4.31 Å². The van der Waals surface area contributed by atoms with Gasteiger partial charge in [0.1, 0.15) is 5.75 Å². The highest BCUT2D eigenvalue weighted by atomic mass is 79.9. The van der Waals surface area contributed by atoms with E-state index in [1.807, 2.05) is 12.1 Å². The van der Waals surface area contributed by atoms with Gasteiger partial charge in [0.2, 0.25) is 21.7 Å². The molecule has 0 aliphatic heterocycles. The van der Waals surface area contributed by atoms with Crippen molar-refractivity contribution in [2.75, 3.05) is 11.4 Å². The van der Waals surface area contributed by atoms with Gasteiger partial charge in [0.05, 0.1) is 13.1 Å². The number of phenolic OH excluding ortho intramolecular Hbond substituents is 1. The number of aliphatic hydroxyl groups is 2. The molecule has 1 saturated carbocycles. The van der Waals surface area contributed by atoms with E-state index in [1.165, 1.54) is 30.3 Å². The van der Waals surface area contributed by atoms with Crippen molar-refractivity contribution in [3.8, 4) is 5.75 Å². The molecule has 1 fully saturated rings. The lowest BCUT2D eigenvalue weighted by molar-refractivity contribution is -0.119. The number of amides is 1. The van der Waals surface area contributed by atoms with Gasteiger partial charge in [0.25, 0.3) is 0 Å². The Hall–Kier alpha value is -3.60. The molecule has 0 radical (unpaired) electrons. The molecule has 48 heavy (non-hydrogen) atoms. The number of carbonyl (C=O) groups is 1. The van der Waals surface area contributed by atoms with Crippen LogP contribution in [0.25, 0.3) is 0 Å².